The highest BCUT2D eigenvalue weighted by Crippen LogP contribution is 2.24. The van der Waals surface area contributed by atoms with Crippen LogP contribution in [-0.4, -0.2) is 52.5 Å². The zero-order valence-electron chi connectivity index (χ0n) is 12.1. The minimum absolute atomic E-state index is 0.0522. The van der Waals surface area contributed by atoms with Gasteiger partial charge in [0.1, 0.15) is 0 Å². The summed E-state index contributed by atoms with van der Waals surface area (Å²) in [6.45, 7) is 1.92. The molecule has 0 unspecified atom stereocenters. The molecule has 1 aliphatic heterocycles. The van der Waals surface area contributed by atoms with Crippen molar-refractivity contribution < 1.29 is 19.6 Å². The number of hydroxylamine groups is 1. The molecule has 0 atom stereocenters. The molecule has 7 nitrogen and oxygen atoms in total. The Labute approximate surface area is 122 Å². The van der Waals surface area contributed by atoms with E-state index in [1.165, 1.54) is 14.1 Å². The maximum absolute atomic E-state index is 12.4. The number of amides is 4. The first-order valence-electron chi connectivity index (χ1n) is 6.40. The summed E-state index contributed by atoms with van der Waals surface area (Å²) < 4.78 is 0. The number of nitrogens with one attached hydrogen (secondary N) is 1. The molecule has 1 saturated heterocycles. The number of aryl methyl sites for hydroxylation is 1. The number of hydrogen-bond donors (Lipinski definition) is 2. The number of barbiturate groups is 1. The number of imide groups is 2. The van der Waals surface area contributed by atoms with E-state index < -0.39 is 23.4 Å². The molecule has 1 aromatic carbocycles. The molecular weight excluding hydrogens is 274 g/mol. The lowest BCUT2D eigenvalue weighted by Crippen LogP contribution is -2.72. The smallest absolute Gasteiger partial charge is 0.315 e. The maximum atomic E-state index is 12.4. The van der Waals surface area contributed by atoms with Crippen molar-refractivity contribution in [3.05, 3.63) is 35.4 Å². The van der Waals surface area contributed by atoms with Gasteiger partial charge in [0.25, 0.3) is 11.8 Å². The highest BCUT2D eigenvalue weighted by Gasteiger charge is 2.55. The van der Waals surface area contributed by atoms with E-state index >= 15 is 0 Å². The number of carbonyl (C=O) groups excluding carboxylic acids is 3. The monoisotopic (exact) mass is 291 g/mol. The first-order chi connectivity index (χ1) is 9.83. The van der Waals surface area contributed by atoms with Crippen molar-refractivity contribution in [2.75, 3.05) is 14.1 Å². The van der Waals surface area contributed by atoms with E-state index in [-0.39, 0.29) is 6.42 Å². The minimum Gasteiger partial charge on any atom is -0.315 e. The molecule has 4 amide bonds. The van der Waals surface area contributed by atoms with Crippen LogP contribution < -0.4 is 5.48 Å². The second kappa shape index (κ2) is 5.27. The molecule has 2 rings (SSSR count). The first-order valence-corrected chi connectivity index (χ1v) is 6.40. The van der Waals surface area contributed by atoms with Gasteiger partial charge in [-0.2, -0.15) is 5.48 Å². The Bertz CT molecular complexity index is 573. The van der Waals surface area contributed by atoms with E-state index in [1.807, 2.05) is 24.5 Å². The van der Waals surface area contributed by atoms with Gasteiger partial charge in [0.2, 0.25) is 5.54 Å². The summed E-state index contributed by atoms with van der Waals surface area (Å²) in [4.78, 5) is 38.1. The fraction of sp³-hybridized carbons (Fsp3) is 0.357. The molecule has 1 heterocycles. The third kappa shape index (κ3) is 2.30. The molecule has 0 bridgehead atoms. The van der Waals surface area contributed by atoms with Crippen molar-refractivity contribution in [3.63, 3.8) is 0 Å². The highest BCUT2D eigenvalue weighted by molar-refractivity contribution is 6.22. The fourth-order valence-electron chi connectivity index (χ4n) is 2.36. The summed E-state index contributed by atoms with van der Waals surface area (Å²) in [6.07, 6.45) is -0.0522. The Morgan fingerprint density at radius 2 is 1.52 bits per heavy atom. The summed E-state index contributed by atoms with van der Waals surface area (Å²) in [5, 5.41) is 9.46. The zero-order chi connectivity index (χ0) is 15.8. The van der Waals surface area contributed by atoms with Gasteiger partial charge in [-0.05, 0) is 12.5 Å². The van der Waals surface area contributed by atoms with E-state index in [9.17, 15) is 19.6 Å². The third-order valence-electron chi connectivity index (χ3n) is 3.69. The van der Waals surface area contributed by atoms with E-state index in [0.717, 1.165) is 15.4 Å². The summed E-state index contributed by atoms with van der Waals surface area (Å²) in [6, 6.07) is 6.50. The van der Waals surface area contributed by atoms with Crippen LogP contribution in [0.15, 0.2) is 24.3 Å². The van der Waals surface area contributed by atoms with Crippen LogP contribution in [0.5, 0.6) is 0 Å². The summed E-state index contributed by atoms with van der Waals surface area (Å²) in [7, 11) is 2.55. The van der Waals surface area contributed by atoms with Gasteiger partial charge in [0.05, 0.1) is 0 Å². The third-order valence-corrected chi connectivity index (χ3v) is 3.69. The molecular formula is C14H17N3O4. The molecule has 112 valence electrons. The minimum atomic E-state index is -1.88. The summed E-state index contributed by atoms with van der Waals surface area (Å²) in [5.41, 5.74) is 1.68. The van der Waals surface area contributed by atoms with Crippen molar-refractivity contribution >= 4 is 17.8 Å². The Balaban J connectivity index is 2.43. The summed E-state index contributed by atoms with van der Waals surface area (Å²) >= 11 is 0. The predicted octanol–water partition coefficient (Wildman–Crippen LogP) is 0.306. The van der Waals surface area contributed by atoms with E-state index in [4.69, 9.17) is 0 Å². The Morgan fingerprint density at radius 1 is 1.05 bits per heavy atom. The van der Waals surface area contributed by atoms with Gasteiger partial charge < -0.3 is 5.21 Å². The molecule has 21 heavy (non-hydrogen) atoms. The molecule has 2 N–H and O–H groups in total. The molecule has 0 radical (unpaired) electrons. The molecule has 1 aromatic rings. The van der Waals surface area contributed by atoms with E-state index in [1.54, 1.807) is 12.1 Å². The largest absolute Gasteiger partial charge is 0.332 e. The lowest BCUT2D eigenvalue weighted by Gasteiger charge is -2.40. The van der Waals surface area contributed by atoms with Crippen molar-refractivity contribution in [2.45, 2.75) is 18.9 Å². The number of carbonyl (C=O) groups is 3. The van der Waals surface area contributed by atoms with Crippen molar-refractivity contribution in [2.24, 2.45) is 0 Å². The van der Waals surface area contributed by atoms with Gasteiger partial charge in [-0.1, -0.05) is 29.8 Å². The van der Waals surface area contributed by atoms with Gasteiger partial charge in [0.15, 0.2) is 0 Å². The van der Waals surface area contributed by atoms with Crippen LogP contribution >= 0.6 is 0 Å². The van der Waals surface area contributed by atoms with Crippen molar-refractivity contribution in [1.29, 1.82) is 0 Å². The molecule has 1 fully saturated rings. The second-order valence-electron chi connectivity index (χ2n) is 5.19. The van der Waals surface area contributed by atoms with Crippen LogP contribution in [0.4, 0.5) is 4.79 Å². The quantitative estimate of drug-likeness (QED) is 0.618. The fourth-order valence-corrected chi connectivity index (χ4v) is 2.36. The van der Waals surface area contributed by atoms with Crippen LogP contribution in [0.1, 0.15) is 11.1 Å². The van der Waals surface area contributed by atoms with Crippen molar-refractivity contribution in [1.82, 2.24) is 15.3 Å². The van der Waals surface area contributed by atoms with Crippen LogP contribution in [0, 0.1) is 6.92 Å². The van der Waals surface area contributed by atoms with Gasteiger partial charge >= 0.3 is 6.03 Å². The van der Waals surface area contributed by atoms with Crippen LogP contribution in [-0.2, 0) is 16.0 Å². The molecule has 0 spiro atoms. The Morgan fingerprint density at radius 3 is 1.95 bits per heavy atom. The maximum Gasteiger partial charge on any atom is 0.332 e. The predicted molar refractivity (Wildman–Crippen MR) is 73.5 cm³/mol. The standard InChI is InChI=1S/C14H17N3O4/c1-9-4-6-10(7-5-9)8-14(15-21)11(18)16(2)13(20)17(3)12(14)19/h4-7,15,21H,8H2,1-3H3. The number of hydrogen-bond acceptors (Lipinski definition) is 5. The van der Waals surface area contributed by atoms with Gasteiger partial charge in [-0.15, -0.1) is 0 Å². The molecule has 0 aromatic heterocycles. The van der Waals surface area contributed by atoms with Gasteiger partial charge in [-0.25, -0.2) is 4.79 Å². The number of benzene rings is 1. The van der Waals surface area contributed by atoms with Gasteiger partial charge in [0, 0.05) is 20.5 Å². The van der Waals surface area contributed by atoms with Crippen LogP contribution in [0.25, 0.3) is 0 Å². The highest BCUT2D eigenvalue weighted by atomic mass is 16.5. The number of likely N-dealkylation sites (N-methyl/N-ethyl adjacent to an activating group) is 2. The second-order valence-corrected chi connectivity index (χ2v) is 5.19. The van der Waals surface area contributed by atoms with Crippen LogP contribution in [0.2, 0.25) is 0 Å². The molecule has 7 heteroatoms. The van der Waals surface area contributed by atoms with Crippen LogP contribution in [0.3, 0.4) is 0 Å². The summed E-state index contributed by atoms with van der Waals surface area (Å²) in [5.74, 6) is -1.56. The average Bonchev–Trinajstić information content (AvgIpc) is 2.50. The zero-order valence-corrected chi connectivity index (χ0v) is 12.1. The van der Waals surface area contributed by atoms with E-state index in [2.05, 4.69) is 0 Å². The lowest BCUT2D eigenvalue weighted by atomic mass is 9.87. The molecule has 1 aliphatic rings. The van der Waals surface area contributed by atoms with E-state index in [0.29, 0.717) is 5.56 Å². The van der Waals surface area contributed by atoms with Gasteiger partial charge in [-0.3, -0.25) is 19.4 Å². The SMILES string of the molecule is Cc1ccc(CC2(NO)C(=O)N(C)C(=O)N(C)C2=O)cc1. The first kappa shape index (κ1) is 15.1. The lowest BCUT2D eigenvalue weighted by molar-refractivity contribution is -0.158. The normalized spacial score (nSPS) is 18.4. The number of rotatable bonds is 3. The van der Waals surface area contributed by atoms with Crippen molar-refractivity contribution in [3.8, 4) is 0 Å². The molecule has 0 aliphatic carbocycles. The molecule has 0 saturated carbocycles. The Kier molecular flexibility index (Phi) is 3.80. The Hall–Kier alpha value is -2.25. The number of urea groups is 1. The number of nitrogens with zero attached hydrogens (tertiary/aromatic N) is 2. The average molecular weight is 291 g/mol. The topological polar surface area (TPSA) is 89.9 Å².